The van der Waals surface area contributed by atoms with Gasteiger partial charge in [0.2, 0.25) is 17.8 Å². The highest BCUT2D eigenvalue weighted by atomic mass is 16.6. The number of ether oxygens (including phenoxy) is 3. The number of allylic oxidation sites excluding steroid dienone is 1. The average molecular weight is 802 g/mol. The molecule has 0 unspecified atom stereocenters. The summed E-state index contributed by atoms with van der Waals surface area (Å²) >= 11 is 0. The van der Waals surface area contributed by atoms with Gasteiger partial charge in [0.1, 0.15) is 40.6 Å². The molecule has 0 saturated carbocycles. The van der Waals surface area contributed by atoms with E-state index in [1.807, 2.05) is 68.5 Å². The van der Waals surface area contributed by atoms with E-state index in [9.17, 15) is 19.2 Å². The van der Waals surface area contributed by atoms with Gasteiger partial charge in [-0.2, -0.15) is 5.10 Å². The SMILES string of the molecule is CCn1nc(C)cc1C=O.CNc1nc2cc(C(N)=O)cc(OC)c2n1C/C=C/CNc1c(N)cc(C(N)=O)cc1OC/C=C/CN1CCCN1C(=O)OC(C)(C)C. The summed E-state index contributed by atoms with van der Waals surface area (Å²) in [7, 11) is 3.28. The number of nitrogens with one attached hydrogen (secondary N) is 2. The van der Waals surface area contributed by atoms with Crippen molar-refractivity contribution in [2.45, 2.75) is 59.7 Å². The molecule has 1 fully saturated rings. The number of hydrogen-bond acceptors (Lipinski definition) is 13. The van der Waals surface area contributed by atoms with E-state index in [1.165, 1.54) is 13.2 Å². The zero-order chi connectivity index (χ0) is 42.6. The number of benzene rings is 2. The number of aryl methyl sites for hydroxylation is 2. The Balaban J connectivity index is 0.000000648. The Hall–Kier alpha value is -6.56. The Labute approximate surface area is 337 Å². The lowest BCUT2D eigenvalue weighted by atomic mass is 10.1. The number of fused-ring (bicyclic) bond motifs is 1. The fourth-order valence-corrected chi connectivity index (χ4v) is 6.10. The van der Waals surface area contributed by atoms with Gasteiger partial charge in [-0.05, 0) is 71.4 Å². The molecule has 0 bridgehead atoms. The van der Waals surface area contributed by atoms with E-state index in [1.54, 1.807) is 41.0 Å². The normalized spacial score (nSPS) is 13.1. The van der Waals surface area contributed by atoms with Crippen LogP contribution in [-0.4, -0.2) is 106 Å². The Bertz CT molecular complexity index is 2150. The van der Waals surface area contributed by atoms with Crippen LogP contribution in [0.5, 0.6) is 11.5 Å². The number of nitrogens with two attached hydrogens (primary N) is 3. The van der Waals surface area contributed by atoms with Crippen LogP contribution in [0.4, 0.5) is 22.1 Å². The Kier molecular flexibility index (Phi) is 15.3. The first-order chi connectivity index (χ1) is 27.6. The number of hydrogen-bond donors (Lipinski definition) is 5. The molecule has 3 heterocycles. The molecule has 18 nitrogen and oxygen atoms in total. The van der Waals surface area contributed by atoms with E-state index >= 15 is 0 Å². The summed E-state index contributed by atoms with van der Waals surface area (Å²) in [6.07, 6.45) is 8.89. The predicted octanol–water partition coefficient (Wildman–Crippen LogP) is 4.35. The highest BCUT2D eigenvalue weighted by molar-refractivity contribution is 5.99. The lowest BCUT2D eigenvalue weighted by Crippen LogP contribution is -2.44. The number of carbonyl (C=O) groups is 4. The fourth-order valence-electron chi connectivity index (χ4n) is 6.10. The van der Waals surface area contributed by atoms with Gasteiger partial charge in [0.15, 0.2) is 6.29 Å². The van der Waals surface area contributed by atoms with Crippen molar-refractivity contribution in [1.29, 1.82) is 0 Å². The van der Waals surface area contributed by atoms with Crippen LogP contribution in [0.25, 0.3) is 11.0 Å². The van der Waals surface area contributed by atoms with Gasteiger partial charge in [-0.15, -0.1) is 0 Å². The lowest BCUT2D eigenvalue weighted by molar-refractivity contribution is -0.0217. The first-order valence-corrected chi connectivity index (χ1v) is 18.8. The van der Waals surface area contributed by atoms with Gasteiger partial charge in [-0.3, -0.25) is 19.1 Å². The molecule has 58 heavy (non-hydrogen) atoms. The van der Waals surface area contributed by atoms with Crippen molar-refractivity contribution in [2.75, 3.05) is 63.3 Å². The lowest BCUT2D eigenvalue weighted by Gasteiger charge is -2.29. The average Bonchev–Trinajstić information content (AvgIpc) is 3.90. The van der Waals surface area contributed by atoms with Crippen LogP contribution in [0.15, 0.2) is 54.6 Å². The van der Waals surface area contributed by atoms with Crippen LogP contribution in [0.1, 0.15) is 71.0 Å². The van der Waals surface area contributed by atoms with Crippen LogP contribution in [-0.2, 0) is 17.8 Å². The topological polar surface area (TPSA) is 240 Å². The maximum Gasteiger partial charge on any atom is 0.424 e. The first-order valence-electron chi connectivity index (χ1n) is 18.8. The third kappa shape index (κ3) is 11.5. The van der Waals surface area contributed by atoms with Crippen molar-refractivity contribution in [2.24, 2.45) is 11.5 Å². The summed E-state index contributed by atoms with van der Waals surface area (Å²) in [4.78, 5) is 51.2. The van der Waals surface area contributed by atoms with Crippen molar-refractivity contribution in [3.8, 4) is 11.5 Å². The number of nitrogens with zero attached hydrogens (tertiary/aromatic N) is 6. The molecule has 5 rings (SSSR count). The Morgan fingerprint density at radius 1 is 0.948 bits per heavy atom. The number of anilines is 3. The molecule has 4 aromatic rings. The smallest absolute Gasteiger partial charge is 0.424 e. The fraction of sp³-hybridized carbons (Fsp3) is 0.400. The first kappa shape index (κ1) is 44.2. The monoisotopic (exact) mass is 801 g/mol. The van der Waals surface area contributed by atoms with Crippen molar-refractivity contribution >= 4 is 52.6 Å². The summed E-state index contributed by atoms with van der Waals surface area (Å²) in [5.74, 6) is 0.223. The van der Waals surface area contributed by atoms with E-state index in [-0.39, 0.29) is 18.3 Å². The number of hydrazine groups is 1. The molecular weight excluding hydrogens is 747 g/mol. The molecule has 0 spiro atoms. The second-order valence-corrected chi connectivity index (χ2v) is 14.2. The van der Waals surface area contributed by atoms with Crippen molar-refractivity contribution in [3.05, 3.63) is 77.2 Å². The summed E-state index contributed by atoms with van der Waals surface area (Å²) in [6.45, 7) is 12.9. The number of aromatic nitrogens is 4. The minimum Gasteiger partial charge on any atom is -0.494 e. The second-order valence-electron chi connectivity index (χ2n) is 14.2. The summed E-state index contributed by atoms with van der Waals surface area (Å²) in [5.41, 5.74) is 20.9. The minimum absolute atomic E-state index is 0.187. The largest absolute Gasteiger partial charge is 0.494 e. The highest BCUT2D eigenvalue weighted by Crippen LogP contribution is 2.33. The van der Waals surface area contributed by atoms with E-state index in [4.69, 9.17) is 31.4 Å². The maximum atomic E-state index is 12.6. The van der Waals surface area contributed by atoms with Crippen molar-refractivity contribution in [1.82, 2.24) is 29.3 Å². The number of aldehydes is 1. The summed E-state index contributed by atoms with van der Waals surface area (Å²) in [5, 5.41) is 14.0. The number of amides is 3. The van der Waals surface area contributed by atoms with Crippen molar-refractivity contribution < 1.29 is 33.4 Å². The Morgan fingerprint density at radius 2 is 1.64 bits per heavy atom. The molecule has 0 atom stereocenters. The standard InChI is InChI=1S/C33H45N9O6.C7H10N2O/c1-33(2,3)48-32(45)42-15-10-13-40(42)12-8-9-16-47-25-19-21(29(35)43)17-23(34)27(25)38-11-6-7-14-41-28-24(39-31(41)37-4)18-22(30(36)44)20-26(28)46-5;1-3-9-7(5-10)4-6(2)8-9/h6-9,17-20,38H,10-16,34H2,1-5H3,(H2,35,43)(H2,36,44)(H,37,39);4-5H,3H2,1-2H3/b7-6+,9-8+;. The zero-order valence-electron chi connectivity index (χ0n) is 34.2. The number of methoxy groups -OCH3 is 1. The van der Waals surface area contributed by atoms with E-state index in [2.05, 4.69) is 20.7 Å². The molecule has 0 aliphatic carbocycles. The molecule has 2 aromatic heterocycles. The minimum atomic E-state index is -0.629. The molecule has 8 N–H and O–H groups in total. The quantitative estimate of drug-likeness (QED) is 0.0602. The molecule has 1 saturated heterocycles. The molecule has 0 radical (unpaired) electrons. The summed E-state index contributed by atoms with van der Waals surface area (Å²) in [6, 6.07) is 8.04. The Morgan fingerprint density at radius 3 is 2.26 bits per heavy atom. The third-order valence-electron chi connectivity index (χ3n) is 8.71. The summed E-state index contributed by atoms with van der Waals surface area (Å²) < 4.78 is 20.7. The number of nitrogen functional groups attached to an aromatic ring is 1. The number of carbonyl (C=O) groups excluding carboxylic acids is 4. The maximum absolute atomic E-state index is 12.6. The molecule has 1 aliphatic rings. The van der Waals surface area contributed by atoms with Gasteiger partial charge in [0.25, 0.3) is 0 Å². The third-order valence-corrected chi connectivity index (χ3v) is 8.71. The highest BCUT2D eigenvalue weighted by Gasteiger charge is 2.30. The van der Waals surface area contributed by atoms with Gasteiger partial charge in [-0.25, -0.2) is 19.8 Å². The van der Waals surface area contributed by atoms with E-state index in [0.717, 1.165) is 31.5 Å². The van der Waals surface area contributed by atoms with Crippen LogP contribution >= 0.6 is 0 Å². The second kappa shape index (κ2) is 20.0. The molecule has 2 aromatic carbocycles. The van der Waals surface area contributed by atoms with Gasteiger partial charge in [0, 0.05) is 57.4 Å². The molecule has 18 heteroatoms. The predicted molar refractivity (Wildman–Crippen MR) is 223 cm³/mol. The molecular formula is C40H55N11O7. The van der Waals surface area contributed by atoms with Crippen molar-refractivity contribution in [3.63, 3.8) is 0 Å². The van der Waals surface area contributed by atoms with E-state index in [0.29, 0.717) is 77.3 Å². The van der Waals surface area contributed by atoms with Gasteiger partial charge in [-0.1, -0.05) is 24.3 Å². The van der Waals surface area contributed by atoms with E-state index < -0.39 is 17.4 Å². The number of primary amides is 2. The van der Waals surface area contributed by atoms with Gasteiger partial charge >= 0.3 is 6.09 Å². The number of rotatable bonds is 16. The molecule has 3 amide bonds. The van der Waals surface area contributed by atoms with Crippen LogP contribution in [0, 0.1) is 6.92 Å². The van der Waals surface area contributed by atoms with Crippen LogP contribution in [0.3, 0.4) is 0 Å². The zero-order valence-corrected chi connectivity index (χ0v) is 34.2. The molecule has 1 aliphatic heterocycles. The van der Waals surface area contributed by atoms with Crippen LogP contribution in [0.2, 0.25) is 0 Å². The van der Waals surface area contributed by atoms with Gasteiger partial charge < -0.3 is 46.6 Å². The number of imidazole rings is 1. The van der Waals surface area contributed by atoms with Gasteiger partial charge in [0.05, 0.1) is 24.0 Å². The van der Waals surface area contributed by atoms with Crippen LogP contribution < -0.4 is 37.3 Å². The molecule has 312 valence electrons.